The summed E-state index contributed by atoms with van der Waals surface area (Å²) in [6.45, 7) is 6.00. The molecule has 0 spiro atoms. The molecule has 0 fully saturated rings. The van der Waals surface area contributed by atoms with Gasteiger partial charge in [-0.05, 0) is 31.5 Å². The number of nitrogens with zero attached hydrogens (tertiary/aromatic N) is 1. The van der Waals surface area contributed by atoms with Gasteiger partial charge in [0.15, 0.2) is 9.84 Å². The van der Waals surface area contributed by atoms with Gasteiger partial charge in [-0.3, -0.25) is 0 Å². The van der Waals surface area contributed by atoms with Crippen molar-refractivity contribution in [3.63, 3.8) is 0 Å². The van der Waals surface area contributed by atoms with E-state index in [1.54, 1.807) is 18.2 Å². The SMILES string of the molecule is C=CCC(C)NCCS(=O)(=O)c1cccc(C#N)c1. The number of rotatable bonds is 7. The van der Waals surface area contributed by atoms with Crippen LogP contribution in [0.15, 0.2) is 41.8 Å². The van der Waals surface area contributed by atoms with Crippen LogP contribution in [0, 0.1) is 11.3 Å². The van der Waals surface area contributed by atoms with E-state index < -0.39 is 9.84 Å². The lowest BCUT2D eigenvalue weighted by atomic mass is 10.2. The number of hydrogen-bond acceptors (Lipinski definition) is 4. The molecule has 0 aromatic heterocycles. The van der Waals surface area contributed by atoms with Crippen molar-refractivity contribution in [1.29, 1.82) is 5.26 Å². The van der Waals surface area contributed by atoms with Crippen molar-refractivity contribution in [2.45, 2.75) is 24.3 Å². The Morgan fingerprint density at radius 1 is 1.53 bits per heavy atom. The van der Waals surface area contributed by atoms with Crippen molar-refractivity contribution < 1.29 is 8.42 Å². The second-order valence-electron chi connectivity index (χ2n) is 4.34. The van der Waals surface area contributed by atoms with Gasteiger partial charge >= 0.3 is 0 Å². The molecule has 1 atom stereocenters. The molecule has 19 heavy (non-hydrogen) atoms. The second-order valence-corrected chi connectivity index (χ2v) is 6.45. The molecule has 0 aliphatic heterocycles. The Morgan fingerprint density at radius 3 is 2.89 bits per heavy atom. The summed E-state index contributed by atoms with van der Waals surface area (Å²) in [5.41, 5.74) is 0.356. The molecule has 0 saturated carbocycles. The van der Waals surface area contributed by atoms with Crippen molar-refractivity contribution in [2.24, 2.45) is 0 Å². The molecule has 1 aromatic rings. The normalized spacial score (nSPS) is 12.6. The maximum atomic E-state index is 12.1. The summed E-state index contributed by atoms with van der Waals surface area (Å²) in [4.78, 5) is 0.199. The first-order valence-corrected chi connectivity index (χ1v) is 7.72. The minimum atomic E-state index is -3.34. The van der Waals surface area contributed by atoms with E-state index in [2.05, 4.69) is 11.9 Å². The van der Waals surface area contributed by atoms with E-state index in [1.807, 2.05) is 13.0 Å². The monoisotopic (exact) mass is 278 g/mol. The molecule has 4 nitrogen and oxygen atoms in total. The topological polar surface area (TPSA) is 70.0 Å². The molecule has 0 aliphatic carbocycles. The van der Waals surface area contributed by atoms with Crippen LogP contribution in [-0.4, -0.2) is 26.8 Å². The van der Waals surface area contributed by atoms with E-state index in [4.69, 9.17) is 5.26 Å². The molecule has 1 rings (SSSR count). The number of benzene rings is 1. The summed E-state index contributed by atoms with van der Waals surface area (Å²) in [5, 5.41) is 11.9. The molecule has 0 bridgehead atoms. The molecule has 5 heteroatoms. The predicted octanol–water partition coefficient (Wildman–Crippen LogP) is 1.89. The lowest BCUT2D eigenvalue weighted by Crippen LogP contribution is -2.30. The van der Waals surface area contributed by atoms with Crippen molar-refractivity contribution in [3.8, 4) is 6.07 Å². The average molecular weight is 278 g/mol. The predicted molar refractivity (Wildman–Crippen MR) is 75.5 cm³/mol. The third-order valence-corrected chi connectivity index (χ3v) is 4.42. The molecule has 0 radical (unpaired) electrons. The van der Waals surface area contributed by atoms with Gasteiger partial charge in [0.1, 0.15) is 0 Å². The first-order chi connectivity index (χ1) is 8.99. The van der Waals surface area contributed by atoms with E-state index in [-0.39, 0.29) is 16.7 Å². The summed E-state index contributed by atoms with van der Waals surface area (Å²) in [7, 11) is -3.34. The summed E-state index contributed by atoms with van der Waals surface area (Å²) in [5.74, 6) is 0.0172. The van der Waals surface area contributed by atoms with Crippen LogP contribution in [0.1, 0.15) is 18.9 Å². The van der Waals surface area contributed by atoms with Crippen LogP contribution in [0.25, 0.3) is 0 Å². The van der Waals surface area contributed by atoms with Crippen LogP contribution in [0.3, 0.4) is 0 Å². The van der Waals surface area contributed by atoms with E-state index in [1.165, 1.54) is 12.1 Å². The van der Waals surface area contributed by atoms with E-state index in [0.29, 0.717) is 12.1 Å². The zero-order valence-corrected chi connectivity index (χ0v) is 11.8. The van der Waals surface area contributed by atoms with E-state index in [9.17, 15) is 8.42 Å². The second kappa shape index (κ2) is 7.07. The lowest BCUT2D eigenvalue weighted by Gasteiger charge is -2.11. The molecule has 1 aromatic carbocycles. The van der Waals surface area contributed by atoms with Gasteiger partial charge in [-0.2, -0.15) is 5.26 Å². The first-order valence-electron chi connectivity index (χ1n) is 6.07. The highest BCUT2D eigenvalue weighted by atomic mass is 32.2. The lowest BCUT2D eigenvalue weighted by molar-refractivity contribution is 0.560. The number of nitrogens with one attached hydrogen (secondary N) is 1. The van der Waals surface area contributed by atoms with E-state index in [0.717, 1.165) is 6.42 Å². The zero-order valence-electron chi connectivity index (χ0n) is 11.0. The number of hydrogen-bond donors (Lipinski definition) is 1. The highest BCUT2D eigenvalue weighted by Gasteiger charge is 2.14. The van der Waals surface area contributed by atoms with Gasteiger partial charge in [-0.1, -0.05) is 12.1 Å². The van der Waals surface area contributed by atoms with Gasteiger partial charge in [0, 0.05) is 12.6 Å². The smallest absolute Gasteiger partial charge is 0.179 e. The highest BCUT2D eigenvalue weighted by Crippen LogP contribution is 2.12. The Morgan fingerprint density at radius 2 is 2.26 bits per heavy atom. The van der Waals surface area contributed by atoms with Gasteiger partial charge in [0.25, 0.3) is 0 Å². The average Bonchev–Trinajstić information content (AvgIpc) is 2.39. The summed E-state index contributed by atoms with van der Waals surface area (Å²) >= 11 is 0. The third-order valence-electron chi connectivity index (χ3n) is 2.71. The Labute approximate surface area is 114 Å². The molecule has 0 saturated heterocycles. The molecule has 1 N–H and O–H groups in total. The fourth-order valence-electron chi connectivity index (χ4n) is 1.65. The quantitative estimate of drug-likeness (QED) is 0.773. The van der Waals surface area contributed by atoms with Gasteiger partial charge in [0.2, 0.25) is 0 Å². The minimum Gasteiger partial charge on any atom is -0.313 e. The highest BCUT2D eigenvalue weighted by molar-refractivity contribution is 7.91. The maximum absolute atomic E-state index is 12.1. The Bertz CT molecular complexity index is 573. The van der Waals surface area contributed by atoms with E-state index >= 15 is 0 Å². The Hall–Kier alpha value is -1.64. The van der Waals surface area contributed by atoms with Crippen LogP contribution < -0.4 is 5.32 Å². The first kappa shape index (κ1) is 15.4. The van der Waals surface area contributed by atoms with Crippen LogP contribution in [0.2, 0.25) is 0 Å². The Kier molecular flexibility index (Phi) is 5.74. The van der Waals surface area contributed by atoms with Crippen molar-refractivity contribution in [1.82, 2.24) is 5.32 Å². The number of sulfone groups is 1. The van der Waals surface area contributed by atoms with Gasteiger partial charge in [-0.15, -0.1) is 6.58 Å². The van der Waals surface area contributed by atoms with Gasteiger partial charge in [0.05, 0.1) is 22.3 Å². The Balaban J connectivity index is 2.66. The van der Waals surface area contributed by atoms with Crippen LogP contribution >= 0.6 is 0 Å². The zero-order chi connectivity index (χ0) is 14.3. The summed E-state index contributed by atoms with van der Waals surface area (Å²) in [6, 6.07) is 8.24. The molecule has 0 heterocycles. The fourth-order valence-corrected chi connectivity index (χ4v) is 2.86. The van der Waals surface area contributed by atoms with Crippen LogP contribution in [0.4, 0.5) is 0 Å². The molecule has 1 unspecified atom stereocenters. The molecule has 0 amide bonds. The molecular weight excluding hydrogens is 260 g/mol. The fraction of sp³-hybridized carbons (Fsp3) is 0.357. The molecule has 102 valence electrons. The summed E-state index contributed by atoms with van der Waals surface area (Å²) in [6.07, 6.45) is 2.59. The molecular formula is C14H18N2O2S. The number of nitriles is 1. The summed E-state index contributed by atoms with van der Waals surface area (Å²) < 4.78 is 24.1. The largest absolute Gasteiger partial charge is 0.313 e. The molecule has 0 aliphatic rings. The van der Waals surface area contributed by atoms with Crippen molar-refractivity contribution in [3.05, 3.63) is 42.5 Å². The minimum absolute atomic E-state index is 0.0172. The standard InChI is InChI=1S/C14H18N2O2S/c1-3-5-12(2)16-8-9-19(17,18)14-7-4-6-13(10-14)11-15/h3-4,6-7,10,12,16H,1,5,8-9H2,2H3. The van der Waals surface area contributed by atoms with Crippen LogP contribution in [0.5, 0.6) is 0 Å². The van der Waals surface area contributed by atoms with Crippen molar-refractivity contribution in [2.75, 3.05) is 12.3 Å². The van der Waals surface area contributed by atoms with Crippen molar-refractivity contribution >= 4 is 9.84 Å². The van der Waals surface area contributed by atoms with Gasteiger partial charge in [-0.25, -0.2) is 8.42 Å². The van der Waals surface area contributed by atoms with Gasteiger partial charge < -0.3 is 5.32 Å². The van der Waals surface area contributed by atoms with Crippen LogP contribution in [-0.2, 0) is 9.84 Å². The third kappa shape index (κ3) is 4.86. The maximum Gasteiger partial charge on any atom is 0.179 e.